The van der Waals surface area contributed by atoms with Crippen LogP contribution in [0.4, 0.5) is 0 Å². The van der Waals surface area contributed by atoms with E-state index in [2.05, 4.69) is 24.9 Å². The zero-order valence-electron chi connectivity index (χ0n) is 10.7. The summed E-state index contributed by atoms with van der Waals surface area (Å²) in [5.74, 6) is 0.367. The Hall–Kier alpha value is -1.57. The highest BCUT2D eigenvalue weighted by Crippen LogP contribution is 2.25. The van der Waals surface area contributed by atoms with E-state index >= 15 is 0 Å². The number of hydrogen-bond acceptors (Lipinski definition) is 1. The molecule has 1 heterocycles. The first kappa shape index (κ1) is 11.9. The van der Waals surface area contributed by atoms with E-state index in [0.29, 0.717) is 0 Å². The van der Waals surface area contributed by atoms with Crippen LogP contribution < -0.4 is 0 Å². The van der Waals surface area contributed by atoms with Gasteiger partial charge in [-0.1, -0.05) is 32.4 Å². The largest absolute Gasteiger partial charge is 0.360 e. The fraction of sp³-hybridized carbons (Fsp3) is 0.400. The van der Waals surface area contributed by atoms with Crippen LogP contribution in [0, 0.1) is 12.8 Å². The van der Waals surface area contributed by atoms with Gasteiger partial charge in [-0.2, -0.15) is 0 Å². The van der Waals surface area contributed by atoms with E-state index < -0.39 is 0 Å². The summed E-state index contributed by atoms with van der Waals surface area (Å²) in [4.78, 5) is 15.5. The van der Waals surface area contributed by atoms with Gasteiger partial charge < -0.3 is 4.98 Å². The molecule has 0 bridgehead atoms. The van der Waals surface area contributed by atoms with Crippen LogP contribution >= 0.6 is 0 Å². The lowest BCUT2D eigenvalue weighted by Gasteiger charge is -2.08. The van der Waals surface area contributed by atoms with E-state index in [0.717, 1.165) is 34.9 Å². The predicted octanol–water partition coefficient (Wildman–Crippen LogP) is 4.10. The molecule has 0 aliphatic carbocycles. The minimum absolute atomic E-state index is 0.110. The first-order valence-corrected chi connectivity index (χ1v) is 6.26. The van der Waals surface area contributed by atoms with Crippen LogP contribution in [0.3, 0.4) is 0 Å². The lowest BCUT2D eigenvalue weighted by atomic mass is 9.94. The number of Topliss-reactive ketones (excluding diaryl/α,β-unsaturated/α-hetero) is 1. The molecule has 1 unspecified atom stereocenters. The van der Waals surface area contributed by atoms with Gasteiger partial charge in [0.2, 0.25) is 0 Å². The number of fused-ring (bicyclic) bond motifs is 1. The topological polar surface area (TPSA) is 32.9 Å². The molecular formula is C15H19NO. The maximum absolute atomic E-state index is 12.3. The number of H-pyrrole nitrogens is 1. The number of rotatable bonds is 4. The average Bonchev–Trinajstić information content (AvgIpc) is 2.73. The number of nitrogens with one attached hydrogen (secondary N) is 1. The third-order valence-corrected chi connectivity index (χ3v) is 3.35. The maximum atomic E-state index is 12.3. The summed E-state index contributed by atoms with van der Waals surface area (Å²) in [5, 5.41) is 1.08. The highest BCUT2D eigenvalue weighted by molar-refractivity contribution is 6.09. The first-order chi connectivity index (χ1) is 8.15. The zero-order valence-corrected chi connectivity index (χ0v) is 10.7. The van der Waals surface area contributed by atoms with E-state index in [9.17, 15) is 4.79 Å². The van der Waals surface area contributed by atoms with Gasteiger partial charge in [0.1, 0.15) is 0 Å². The van der Waals surface area contributed by atoms with Gasteiger partial charge in [-0.3, -0.25) is 4.79 Å². The Morgan fingerprint density at radius 1 is 1.41 bits per heavy atom. The highest BCUT2D eigenvalue weighted by atomic mass is 16.1. The number of aromatic nitrogens is 1. The summed E-state index contributed by atoms with van der Waals surface area (Å²) in [7, 11) is 0. The summed E-state index contributed by atoms with van der Waals surface area (Å²) >= 11 is 0. The Morgan fingerprint density at radius 3 is 2.88 bits per heavy atom. The maximum Gasteiger partial charge on any atom is 0.167 e. The second kappa shape index (κ2) is 4.74. The summed E-state index contributed by atoms with van der Waals surface area (Å²) < 4.78 is 0. The van der Waals surface area contributed by atoms with Gasteiger partial charge in [-0.25, -0.2) is 0 Å². The van der Waals surface area contributed by atoms with Crippen LogP contribution in [0.2, 0.25) is 0 Å². The van der Waals surface area contributed by atoms with Crippen LogP contribution in [-0.2, 0) is 0 Å². The Balaban J connectivity index is 2.46. The van der Waals surface area contributed by atoms with Crippen LogP contribution in [0.5, 0.6) is 0 Å². The number of carbonyl (C=O) groups excluding carboxylic acids is 1. The number of aryl methyl sites for hydroxylation is 1. The van der Waals surface area contributed by atoms with Crippen LogP contribution in [0.25, 0.3) is 10.9 Å². The average molecular weight is 229 g/mol. The van der Waals surface area contributed by atoms with Crippen LogP contribution in [0.15, 0.2) is 24.4 Å². The van der Waals surface area contributed by atoms with Crippen molar-refractivity contribution in [1.29, 1.82) is 0 Å². The predicted molar refractivity (Wildman–Crippen MR) is 71.4 cm³/mol. The Labute approximate surface area is 102 Å². The molecule has 2 aromatic rings. The normalized spacial score (nSPS) is 12.9. The monoisotopic (exact) mass is 229 g/mol. The lowest BCUT2D eigenvalue weighted by Crippen LogP contribution is -2.10. The Bertz CT molecular complexity index is 539. The Kier molecular flexibility index (Phi) is 3.32. The third-order valence-electron chi connectivity index (χ3n) is 3.35. The van der Waals surface area contributed by atoms with Gasteiger partial charge in [0.25, 0.3) is 0 Å². The molecule has 1 aromatic carbocycles. The van der Waals surface area contributed by atoms with Crippen molar-refractivity contribution in [3.05, 3.63) is 35.5 Å². The van der Waals surface area contributed by atoms with E-state index in [1.165, 1.54) is 0 Å². The van der Waals surface area contributed by atoms with Crippen molar-refractivity contribution >= 4 is 16.7 Å². The van der Waals surface area contributed by atoms with E-state index in [-0.39, 0.29) is 11.7 Å². The van der Waals surface area contributed by atoms with Gasteiger partial charge >= 0.3 is 0 Å². The molecular weight excluding hydrogens is 210 g/mol. The molecule has 0 saturated heterocycles. The molecule has 1 N–H and O–H groups in total. The molecule has 2 heteroatoms. The number of carbonyl (C=O) groups is 1. The molecule has 0 aliphatic rings. The summed E-state index contributed by atoms with van der Waals surface area (Å²) in [5.41, 5.74) is 3.06. The molecule has 0 radical (unpaired) electrons. The van der Waals surface area contributed by atoms with Crippen molar-refractivity contribution in [1.82, 2.24) is 4.98 Å². The molecule has 0 fully saturated rings. The van der Waals surface area contributed by atoms with Crippen molar-refractivity contribution in [2.75, 3.05) is 0 Å². The summed E-state index contributed by atoms with van der Waals surface area (Å²) in [6.07, 6.45) is 3.86. The standard InChI is InChI=1S/C15H19NO/c1-4-6-11(3)15(17)12-9-16-13-8-5-7-10(2)14(12)13/h5,7-9,11,16H,4,6H2,1-3H3. The SMILES string of the molecule is CCCC(C)C(=O)c1c[nH]c2cccc(C)c12. The molecule has 17 heavy (non-hydrogen) atoms. The Morgan fingerprint density at radius 2 is 2.18 bits per heavy atom. The van der Waals surface area contributed by atoms with Gasteiger partial charge in [0, 0.05) is 28.6 Å². The number of ketones is 1. The van der Waals surface area contributed by atoms with Crippen molar-refractivity contribution in [3.63, 3.8) is 0 Å². The molecule has 2 nitrogen and oxygen atoms in total. The van der Waals surface area contributed by atoms with Crippen molar-refractivity contribution in [2.45, 2.75) is 33.6 Å². The van der Waals surface area contributed by atoms with Crippen LogP contribution in [-0.4, -0.2) is 10.8 Å². The molecule has 0 saturated carbocycles. The molecule has 0 spiro atoms. The molecule has 1 atom stereocenters. The minimum Gasteiger partial charge on any atom is -0.360 e. The lowest BCUT2D eigenvalue weighted by molar-refractivity contribution is 0.0925. The first-order valence-electron chi connectivity index (χ1n) is 6.26. The molecule has 1 aromatic heterocycles. The molecule has 90 valence electrons. The van der Waals surface area contributed by atoms with Gasteiger partial charge in [-0.15, -0.1) is 0 Å². The summed E-state index contributed by atoms with van der Waals surface area (Å²) in [6.45, 7) is 6.19. The third kappa shape index (κ3) is 2.12. The van der Waals surface area contributed by atoms with Gasteiger partial charge in [0.05, 0.1) is 0 Å². The quantitative estimate of drug-likeness (QED) is 0.787. The second-order valence-electron chi connectivity index (χ2n) is 4.75. The molecule has 0 amide bonds. The van der Waals surface area contributed by atoms with Gasteiger partial charge in [0.15, 0.2) is 5.78 Å². The van der Waals surface area contributed by atoms with Crippen molar-refractivity contribution in [2.24, 2.45) is 5.92 Å². The summed E-state index contributed by atoms with van der Waals surface area (Å²) in [6, 6.07) is 6.08. The number of hydrogen-bond donors (Lipinski definition) is 1. The van der Waals surface area contributed by atoms with Crippen molar-refractivity contribution < 1.29 is 4.79 Å². The fourth-order valence-corrected chi connectivity index (χ4v) is 2.39. The van der Waals surface area contributed by atoms with E-state index in [4.69, 9.17) is 0 Å². The second-order valence-corrected chi connectivity index (χ2v) is 4.75. The smallest absolute Gasteiger partial charge is 0.167 e. The fourth-order valence-electron chi connectivity index (χ4n) is 2.39. The number of aromatic amines is 1. The minimum atomic E-state index is 0.110. The van der Waals surface area contributed by atoms with Gasteiger partial charge in [-0.05, 0) is 25.0 Å². The van der Waals surface area contributed by atoms with Crippen LogP contribution in [0.1, 0.15) is 42.6 Å². The highest BCUT2D eigenvalue weighted by Gasteiger charge is 2.18. The molecule has 0 aliphatic heterocycles. The molecule has 2 rings (SSSR count). The number of benzene rings is 1. The van der Waals surface area contributed by atoms with E-state index in [1.807, 2.05) is 25.3 Å². The van der Waals surface area contributed by atoms with Crippen molar-refractivity contribution in [3.8, 4) is 0 Å². The van der Waals surface area contributed by atoms with E-state index in [1.54, 1.807) is 0 Å². The zero-order chi connectivity index (χ0) is 12.4.